The summed E-state index contributed by atoms with van der Waals surface area (Å²) in [6, 6.07) is 10.6. The van der Waals surface area contributed by atoms with E-state index in [1.807, 2.05) is 6.26 Å². The molecule has 0 amide bonds. The highest BCUT2D eigenvalue weighted by molar-refractivity contribution is 7.97. The summed E-state index contributed by atoms with van der Waals surface area (Å²) in [7, 11) is -2.42. The molecule has 0 bridgehead atoms. The second-order valence-corrected chi connectivity index (χ2v) is 8.08. The number of rotatable bonds is 6. The molecule has 0 saturated heterocycles. The van der Waals surface area contributed by atoms with Crippen molar-refractivity contribution >= 4 is 21.8 Å². The molecular formula is C18H17FN2O4S2. The summed E-state index contributed by atoms with van der Waals surface area (Å²) in [5, 5.41) is 9.28. The third-order valence-electron chi connectivity index (χ3n) is 3.94. The first-order valence-electron chi connectivity index (χ1n) is 7.80. The van der Waals surface area contributed by atoms with Crippen molar-refractivity contribution in [2.75, 3.05) is 13.4 Å². The van der Waals surface area contributed by atoms with E-state index in [4.69, 9.17) is 14.4 Å². The lowest BCUT2D eigenvalue weighted by molar-refractivity contribution is 0.384. The minimum absolute atomic E-state index is 0.000920. The number of nitrogens with two attached hydrogens (primary N) is 1. The van der Waals surface area contributed by atoms with Crippen molar-refractivity contribution in [2.45, 2.75) is 10.6 Å². The number of para-hydroxylation sites is 1. The molecule has 2 aromatic carbocycles. The Morgan fingerprint density at radius 3 is 2.52 bits per heavy atom. The van der Waals surface area contributed by atoms with Crippen LogP contribution in [0.15, 0.2) is 51.9 Å². The predicted octanol–water partition coefficient (Wildman–Crippen LogP) is 3.67. The van der Waals surface area contributed by atoms with E-state index in [2.05, 4.69) is 5.16 Å². The lowest BCUT2D eigenvalue weighted by Crippen LogP contribution is -2.11. The molecule has 2 N–H and O–H groups in total. The maximum atomic E-state index is 14.1. The van der Waals surface area contributed by atoms with Crippen molar-refractivity contribution in [2.24, 2.45) is 5.14 Å². The Hall–Kier alpha value is -2.36. The Kier molecular flexibility index (Phi) is 5.54. The van der Waals surface area contributed by atoms with Gasteiger partial charge in [-0.25, -0.2) is 17.9 Å². The predicted molar refractivity (Wildman–Crippen MR) is 102 cm³/mol. The van der Waals surface area contributed by atoms with Crippen LogP contribution in [0, 0.1) is 5.82 Å². The van der Waals surface area contributed by atoms with Crippen LogP contribution in [0.3, 0.4) is 0 Å². The molecular weight excluding hydrogens is 391 g/mol. The summed E-state index contributed by atoms with van der Waals surface area (Å²) in [5.41, 5.74) is 2.18. The van der Waals surface area contributed by atoms with Gasteiger partial charge >= 0.3 is 0 Å². The van der Waals surface area contributed by atoms with Crippen LogP contribution in [0.4, 0.5) is 4.39 Å². The van der Waals surface area contributed by atoms with Crippen LogP contribution in [0.5, 0.6) is 5.75 Å². The maximum Gasteiger partial charge on any atom is 0.238 e. The molecule has 0 radical (unpaired) electrons. The normalized spacial score (nSPS) is 11.6. The fourth-order valence-electron chi connectivity index (χ4n) is 2.75. The molecule has 0 spiro atoms. The first-order valence-corrected chi connectivity index (χ1v) is 10.7. The quantitative estimate of drug-likeness (QED) is 0.669. The van der Waals surface area contributed by atoms with Crippen molar-refractivity contribution in [1.82, 2.24) is 5.16 Å². The summed E-state index contributed by atoms with van der Waals surface area (Å²) in [6.07, 6.45) is 1.92. The Balaban J connectivity index is 2.21. The first kappa shape index (κ1) is 19.4. The molecule has 3 rings (SSSR count). The lowest BCUT2D eigenvalue weighted by atomic mass is 9.99. The van der Waals surface area contributed by atoms with Gasteiger partial charge in [-0.15, -0.1) is 0 Å². The van der Waals surface area contributed by atoms with Crippen LogP contribution in [0.1, 0.15) is 5.76 Å². The number of sulfonamides is 1. The molecule has 0 aliphatic carbocycles. The number of methoxy groups -OCH3 is 1. The number of halogens is 1. The van der Waals surface area contributed by atoms with Gasteiger partial charge in [-0.1, -0.05) is 23.4 Å². The molecule has 6 nitrogen and oxygen atoms in total. The third-order valence-corrected chi connectivity index (χ3v) is 5.42. The van der Waals surface area contributed by atoms with Gasteiger partial charge in [-0.05, 0) is 36.1 Å². The summed E-state index contributed by atoms with van der Waals surface area (Å²) in [5.74, 6) is 0.674. The molecule has 0 aliphatic rings. The molecule has 0 atom stereocenters. The number of hydrogen-bond acceptors (Lipinski definition) is 6. The highest BCUT2D eigenvalue weighted by Crippen LogP contribution is 2.40. The van der Waals surface area contributed by atoms with Crippen LogP contribution < -0.4 is 9.88 Å². The van der Waals surface area contributed by atoms with E-state index in [1.165, 1.54) is 37.1 Å². The Bertz CT molecular complexity index is 1060. The monoisotopic (exact) mass is 408 g/mol. The van der Waals surface area contributed by atoms with E-state index in [0.717, 1.165) is 0 Å². The number of benzene rings is 2. The molecule has 0 fully saturated rings. The smallest absolute Gasteiger partial charge is 0.238 e. The van der Waals surface area contributed by atoms with E-state index < -0.39 is 15.8 Å². The zero-order valence-electron chi connectivity index (χ0n) is 14.6. The molecule has 1 heterocycles. The summed E-state index contributed by atoms with van der Waals surface area (Å²) in [6.45, 7) is 0. The highest BCUT2D eigenvalue weighted by Gasteiger charge is 2.23. The van der Waals surface area contributed by atoms with Gasteiger partial charge in [0.25, 0.3) is 0 Å². The van der Waals surface area contributed by atoms with E-state index in [-0.39, 0.29) is 10.6 Å². The van der Waals surface area contributed by atoms with Gasteiger partial charge in [0.15, 0.2) is 17.3 Å². The van der Waals surface area contributed by atoms with Crippen LogP contribution in [-0.2, 0) is 15.8 Å². The number of aromatic nitrogens is 1. The van der Waals surface area contributed by atoms with E-state index in [0.29, 0.717) is 33.9 Å². The number of nitrogens with zero attached hydrogens (tertiary/aromatic N) is 1. The minimum Gasteiger partial charge on any atom is -0.493 e. The van der Waals surface area contributed by atoms with Crippen molar-refractivity contribution in [3.05, 3.63) is 54.0 Å². The lowest BCUT2D eigenvalue weighted by Gasteiger charge is -2.10. The molecule has 0 aliphatic heterocycles. The molecule has 142 valence electrons. The van der Waals surface area contributed by atoms with Gasteiger partial charge in [0, 0.05) is 5.56 Å². The van der Waals surface area contributed by atoms with Crippen molar-refractivity contribution in [3.8, 4) is 28.1 Å². The van der Waals surface area contributed by atoms with Gasteiger partial charge in [0.05, 0.1) is 23.3 Å². The average Bonchev–Trinajstić information content (AvgIpc) is 3.04. The standard InChI is InChI=1S/C18H17FN2O4S2/c1-24-18-13(4-3-5-14(18)19)17-16(15(10-26-2)25-21-17)11-6-8-12(9-7-11)27(20,22)23/h3-9H,10H2,1-2H3,(H2,20,22,23). The fourth-order valence-corrected chi connectivity index (χ4v) is 3.72. The number of primary sulfonamides is 1. The second-order valence-electron chi connectivity index (χ2n) is 5.65. The van der Waals surface area contributed by atoms with E-state index in [9.17, 15) is 12.8 Å². The van der Waals surface area contributed by atoms with Crippen LogP contribution in [0.2, 0.25) is 0 Å². The van der Waals surface area contributed by atoms with Crippen molar-refractivity contribution < 1.29 is 22.1 Å². The van der Waals surface area contributed by atoms with Gasteiger partial charge in [0.2, 0.25) is 10.0 Å². The number of ether oxygens (including phenoxy) is 1. The van der Waals surface area contributed by atoms with Gasteiger partial charge in [0.1, 0.15) is 5.69 Å². The van der Waals surface area contributed by atoms with Crippen LogP contribution in [0.25, 0.3) is 22.4 Å². The molecule has 0 saturated carbocycles. The molecule has 0 unspecified atom stereocenters. The third kappa shape index (κ3) is 3.85. The van der Waals surface area contributed by atoms with Crippen molar-refractivity contribution in [3.63, 3.8) is 0 Å². The molecule has 27 heavy (non-hydrogen) atoms. The minimum atomic E-state index is -3.80. The van der Waals surface area contributed by atoms with Gasteiger partial charge < -0.3 is 9.26 Å². The van der Waals surface area contributed by atoms with Gasteiger partial charge in [-0.2, -0.15) is 11.8 Å². The summed E-state index contributed by atoms with van der Waals surface area (Å²) >= 11 is 1.54. The van der Waals surface area contributed by atoms with Gasteiger partial charge in [-0.3, -0.25) is 0 Å². The molecule has 1 aromatic heterocycles. The zero-order chi connectivity index (χ0) is 19.6. The number of hydrogen-bond donors (Lipinski definition) is 1. The van der Waals surface area contributed by atoms with E-state index >= 15 is 0 Å². The Morgan fingerprint density at radius 1 is 1.22 bits per heavy atom. The summed E-state index contributed by atoms with van der Waals surface area (Å²) < 4.78 is 47.8. The first-order chi connectivity index (χ1) is 12.9. The zero-order valence-corrected chi connectivity index (χ0v) is 16.2. The largest absolute Gasteiger partial charge is 0.493 e. The SMILES string of the molecule is COc1c(F)cccc1-c1noc(CSC)c1-c1ccc(S(N)(=O)=O)cc1. The molecule has 3 aromatic rings. The Morgan fingerprint density at radius 2 is 1.93 bits per heavy atom. The fraction of sp³-hybridized carbons (Fsp3) is 0.167. The number of thioether (sulfide) groups is 1. The highest BCUT2D eigenvalue weighted by atomic mass is 32.2. The van der Waals surface area contributed by atoms with Crippen LogP contribution in [-0.4, -0.2) is 26.9 Å². The topological polar surface area (TPSA) is 95.4 Å². The van der Waals surface area contributed by atoms with Crippen molar-refractivity contribution in [1.29, 1.82) is 0 Å². The van der Waals surface area contributed by atoms with E-state index in [1.54, 1.807) is 24.3 Å². The Labute approximate surface area is 160 Å². The van der Waals surface area contributed by atoms with Crippen LogP contribution >= 0.6 is 11.8 Å². The second kappa shape index (κ2) is 7.71. The average molecular weight is 408 g/mol. The summed E-state index contributed by atoms with van der Waals surface area (Å²) in [4.78, 5) is -0.000920. The molecule has 9 heteroatoms. The maximum absolute atomic E-state index is 14.1.